The van der Waals surface area contributed by atoms with E-state index in [-0.39, 0.29) is 0 Å². The van der Waals surface area contributed by atoms with Gasteiger partial charge in [-0.05, 0) is 31.1 Å². The Hall–Kier alpha value is -1.51. The van der Waals surface area contributed by atoms with Crippen LogP contribution < -0.4 is 10.5 Å². The third-order valence-corrected chi connectivity index (χ3v) is 1.95. The number of methoxy groups -OCH3 is 1. The van der Waals surface area contributed by atoms with Crippen LogP contribution in [-0.4, -0.2) is 12.1 Å². The third-order valence-electron chi connectivity index (χ3n) is 1.95. The summed E-state index contributed by atoms with van der Waals surface area (Å²) in [6.45, 7) is 3.93. The third kappa shape index (κ3) is 2.49. The number of pyridine rings is 1. The van der Waals surface area contributed by atoms with Crippen LogP contribution in [-0.2, 0) is 6.42 Å². The fraction of sp³-hybridized carbons (Fsp3) is 0.364. The maximum atomic E-state index is 5.58. The van der Waals surface area contributed by atoms with Crippen LogP contribution in [0.25, 0.3) is 6.08 Å². The van der Waals surface area contributed by atoms with Crippen molar-refractivity contribution < 1.29 is 4.74 Å². The number of nitrogens with zero attached hydrogens (tertiary/aromatic N) is 1. The molecule has 0 unspecified atom stereocenters. The van der Waals surface area contributed by atoms with Gasteiger partial charge in [-0.3, -0.25) is 4.98 Å². The van der Waals surface area contributed by atoms with Gasteiger partial charge in [-0.1, -0.05) is 6.92 Å². The van der Waals surface area contributed by atoms with Crippen LogP contribution in [0.15, 0.2) is 18.0 Å². The lowest BCUT2D eigenvalue weighted by Gasteiger charge is -2.06. The van der Waals surface area contributed by atoms with Gasteiger partial charge in [0, 0.05) is 5.70 Å². The highest BCUT2D eigenvalue weighted by Gasteiger charge is 2.01. The highest BCUT2D eigenvalue weighted by atomic mass is 16.5. The van der Waals surface area contributed by atoms with E-state index in [1.807, 2.05) is 19.1 Å². The Labute approximate surface area is 84.6 Å². The normalized spacial score (nSPS) is 11.5. The van der Waals surface area contributed by atoms with E-state index in [1.54, 1.807) is 13.3 Å². The largest absolute Gasteiger partial charge is 0.495 e. The van der Waals surface area contributed by atoms with Crippen molar-refractivity contribution in [2.24, 2.45) is 5.73 Å². The van der Waals surface area contributed by atoms with E-state index in [2.05, 4.69) is 11.9 Å². The fourth-order valence-corrected chi connectivity index (χ4v) is 1.28. The van der Waals surface area contributed by atoms with E-state index in [1.165, 1.54) is 0 Å². The van der Waals surface area contributed by atoms with Crippen LogP contribution in [0, 0.1) is 0 Å². The topological polar surface area (TPSA) is 48.1 Å². The Kier molecular flexibility index (Phi) is 3.51. The van der Waals surface area contributed by atoms with Crippen molar-refractivity contribution in [3.63, 3.8) is 0 Å². The summed E-state index contributed by atoms with van der Waals surface area (Å²) in [5.41, 5.74) is 8.36. The average Bonchev–Trinajstić information content (AvgIpc) is 2.16. The van der Waals surface area contributed by atoms with E-state index in [9.17, 15) is 0 Å². The van der Waals surface area contributed by atoms with Crippen LogP contribution in [0.3, 0.4) is 0 Å². The van der Waals surface area contributed by atoms with Crippen molar-refractivity contribution in [1.29, 1.82) is 0 Å². The second-order valence-corrected chi connectivity index (χ2v) is 3.16. The van der Waals surface area contributed by atoms with Crippen molar-refractivity contribution in [3.8, 4) is 5.75 Å². The van der Waals surface area contributed by atoms with Crippen molar-refractivity contribution in [2.45, 2.75) is 20.3 Å². The lowest BCUT2D eigenvalue weighted by Crippen LogP contribution is -1.95. The smallest absolute Gasteiger partial charge is 0.140 e. The molecule has 1 aromatic rings. The Morgan fingerprint density at radius 3 is 2.86 bits per heavy atom. The molecule has 0 saturated carbocycles. The van der Waals surface area contributed by atoms with Gasteiger partial charge >= 0.3 is 0 Å². The van der Waals surface area contributed by atoms with Crippen molar-refractivity contribution >= 4 is 6.08 Å². The molecule has 0 fully saturated rings. The summed E-state index contributed by atoms with van der Waals surface area (Å²) in [6, 6.07) is 2.00. The number of aromatic nitrogens is 1. The quantitative estimate of drug-likeness (QED) is 0.796. The fourth-order valence-electron chi connectivity index (χ4n) is 1.28. The lowest BCUT2D eigenvalue weighted by molar-refractivity contribution is 0.408. The Balaban J connectivity index is 3.07. The molecule has 0 amide bonds. The van der Waals surface area contributed by atoms with Gasteiger partial charge in [0.25, 0.3) is 0 Å². The molecular formula is C11H16N2O. The summed E-state index contributed by atoms with van der Waals surface area (Å²) in [4.78, 5) is 4.22. The van der Waals surface area contributed by atoms with Gasteiger partial charge in [0.2, 0.25) is 0 Å². The maximum absolute atomic E-state index is 5.58. The van der Waals surface area contributed by atoms with Crippen LogP contribution in [0.1, 0.15) is 25.1 Å². The van der Waals surface area contributed by atoms with Crippen LogP contribution >= 0.6 is 0 Å². The molecule has 0 atom stereocenters. The zero-order valence-corrected chi connectivity index (χ0v) is 8.87. The second kappa shape index (κ2) is 4.65. The minimum Gasteiger partial charge on any atom is -0.495 e. The van der Waals surface area contributed by atoms with E-state index < -0.39 is 0 Å². The van der Waals surface area contributed by atoms with Gasteiger partial charge in [0.15, 0.2) is 0 Å². The predicted octanol–water partition coefficient (Wildman–Crippen LogP) is 1.97. The van der Waals surface area contributed by atoms with E-state index >= 15 is 0 Å². The number of rotatable bonds is 3. The summed E-state index contributed by atoms with van der Waals surface area (Å²) in [6.07, 6.45) is 4.50. The molecule has 1 rings (SSSR count). The van der Waals surface area contributed by atoms with Crippen LogP contribution in [0.2, 0.25) is 0 Å². The predicted molar refractivity (Wildman–Crippen MR) is 58.0 cm³/mol. The summed E-state index contributed by atoms with van der Waals surface area (Å²) in [5.74, 6) is 0.833. The average molecular weight is 192 g/mol. The Bertz CT molecular complexity index is 341. The lowest BCUT2D eigenvalue weighted by atomic mass is 10.1. The molecule has 1 aromatic heterocycles. The van der Waals surface area contributed by atoms with Gasteiger partial charge in [0.1, 0.15) is 5.75 Å². The number of nitrogens with two attached hydrogens (primary N) is 1. The first-order valence-electron chi connectivity index (χ1n) is 4.64. The van der Waals surface area contributed by atoms with Gasteiger partial charge in [-0.2, -0.15) is 0 Å². The standard InChI is InChI=1S/C11H16N2O/c1-4-9-6-10(5-8(2)12)13-7-11(9)14-3/h5-7H,4,12H2,1-3H3/b8-5-. The summed E-state index contributed by atoms with van der Waals surface area (Å²) in [5, 5.41) is 0. The van der Waals surface area contributed by atoms with Crippen molar-refractivity contribution in [2.75, 3.05) is 7.11 Å². The minimum atomic E-state index is 0.754. The molecule has 0 spiro atoms. The molecule has 0 bridgehead atoms. The van der Waals surface area contributed by atoms with Crippen LogP contribution in [0.4, 0.5) is 0 Å². The molecule has 0 aliphatic heterocycles. The number of allylic oxidation sites excluding steroid dienone is 1. The minimum absolute atomic E-state index is 0.754. The van der Waals surface area contributed by atoms with E-state index in [4.69, 9.17) is 10.5 Å². The molecule has 0 radical (unpaired) electrons. The number of hydrogen-bond acceptors (Lipinski definition) is 3. The zero-order valence-electron chi connectivity index (χ0n) is 8.87. The first kappa shape index (κ1) is 10.6. The molecule has 0 saturated heterocycles. The number of ether oxygens (including phenoxy) is 1. The monoisotopic (exact) mass is 192 g/mol. The first-order valence-corrected chi connectivity index (χ1v) is 4.64. The van der Waals surface area contributed by atoms with Gasteiger partial charge < -0.3 is 10.5 Å². The van der Waals surface area contributed by atoms with Gasteiger partial charge in [-0.25, -0.2) is 0 Å². The second-order valence-electron chi connectivity index (χ2n) is 3.16. The highest BCUT2D eigenvalue weighted by molar-refractivity contribution is 5.50. The highest BCUT2D eigenvalue weighted by Crippen LogP contribution is 2.18. The summed E-state index contributed by atoms with van der Waals surface area (Å²) < 4.78 is 5.18. The zero-order chi connectivity index (χ0) is 10.6. The van der Waals surface area contributed by atoms with E-state index in [0.29, 0.717) is 0 Å². The molecule has 1 heterocycles. The molecular weight excluding hydrogens is 176 g/mol. The van der Waals surface area contributed by atoms with E-state index in [0.717, 1.165) is 29.1 Å². The van der Waals surface area contributed by atoms with Gasteiger partial charge in [-0.15, -0.1) is 0 Å². The SMILES string of the molecule is CCc1cc(/C=C(/C)N)ncc1OC. The molecule has 3 nitrogen and oxygen atoms in total. The van der Waals surface area contributed by atoms with Crippen LogP contribution in [0.5, 0.6) is 5.75 Å². The summed E-state index contributed by atoms with van der Waals surface area (Å²) >= 11 is 0. The molecule has 0 aromatic carbocycles. The molecule has 0 aliphatic carbocycles. The number of aryl methyl sites for hydroxylation is 1. The molecule has 76 valence electrons. The molecule has 3 heteroatoms. The maximum Gasteiger partial charge on any atom is 0.140 e. The van der Waals surface area contributed by atoms with Crippen molar-refractivity contribution in [3.05, 3.63) is 29.2 Å². The summed E-state index contributed by atoms with van der Waals surface area (Å²) in [7, 11) is 1.65. The van der Waals surface area contributed by atoms with Gasteiger partial charge in [0.05, 0.1) is 19.0 Å². The Morgan fingerprint density at radius 1 is 1.64 bits per heavy atom. The van der Waals surface area contributed by atoms with Crippen molar-refractivity contribution in [1.82, 2.24) is 4.98 Å². The molecule has 0 aliphatic rings. The molecule has 2 N–H and O–H groups in total. The molecule has 14 heavy (non-hydrogen) atoms. The Morgan fingerprint density at radius 2 is 2.36 bits per heavy atom. The first-order chi connectivity index (χ1) is 6.67. The number of hydrogen-bond donors (Lipinski definition) is 1.